The maximum atomic E-state index is 14.0. The topological polar surface area (TPSA) is 159 Å². The van der Waals surface area contributed by atoms with E-state index < -0.39 is 12.1 Å². The first kappa shape index (κ1) is 33.9. The lowest BCUT2D eigenvalue weighted by molar-refractivity contribution is -0.120. The molecule has 2 unspecified atom stereocenters. The molecule has 1 heterocycles. The van der Waals surface area contributed by atoms with Gasteiger partial charge in [-0.05, 0) is 77.4 Å². The summed E-state index contributed by atoms with van der Waals surface area (Å²) in [5, 5.41) is 21.5. The van der Waals surface area contributed by atoms with E-state index >= 15 is 0 Å². The van der Waals surface area contributed by atoms with Gasteiger partial charge < -0.3 is 30.2 Å². The number of aromatic nitrogens is 4. The molecule has 252 valence electrons. The van der Waals surface area contributed by atoms with Crippen LogP contribution in [0.25, 0.3) is 22.5 Å². The molecule has 0 saturated carbocycles. The van der Waals surface area contributed by atoms with Gasteiger partial charge in [0.25, 0.3) is 0 Å². The van der Waals surface area contributed by atoms with Gasteiger partial charge in [-0.2, -0.15) is 4.80 Å². The van der Waals surface area contributed by atoms with Crippen molar-refractivity contribution in [3.05, 3.63) is 69.9 Å². The quantitative estimate of drug-likeness (QED) is 0.210. The number of methoxy groups -OCH3 is 3. The maximum absolute atomic E-state index is 14.0. The number of anilines is 2. The van der Waals surface area contributed by atoms with Gasteiger partial charge in [0, 0.05) is 18.1 Å². The van der Waals surface area contributed by atoms with Gasteiger partial charge in [0.05, 0.1) is 45.8 Å². The van der Waals surface area contributed by atoms with Crippen LogP contribution in [0.2, 0.25) is 0 Å². The second-order valence-corrected chi connectivity index (χ2v) is 12.1. The zero-order chi connectivity index (χ0) is 34.5. The normalized spacial score (nSPS) is 14.2. The number of hydrogen-bond donors (Lipinski definition) is 3. The number of para-hydroxylation sites is 1. The molecule has 0 bridgehead atoms. The van der Waals surface area contributed by atoms with Crippen LogP contribution in [0.3, 0.4) is 0 Å². The van der Waals surface area contributed by atoms with Crippen molar-refractivity contribution in [2.45, 2.75) is 52.1 Å². The number of carbonyl (C=O) groups is 2. The number of nitrogens with zero attached hydrogens (tertiary/aromatic N) is 4. The molecular weight excluding hydrogens is 614 g/mol. The highest BCUT2D eigenvalue weighted by atomic mass is 16.5. The van der Waals surface area contributed by atoms with Crippen molar-refractivity contribution in [3.63, 3.8) is 0 Å². The fourth-order valence-corrected chi connectivity index (χ4v) is 6.12. The first-order valence-corrected chi connectivity index (χ1v) is 15.7. The Balaban J connectivity index is 1.58. The number of nitrogens with one attached hydrogen (secondary N) is 3. The molecule has 2 atom stereocenters. The van der Waals surface area contributed by atoms with E-state index in [0.717, 1.165) is 11.1 Å². The highest BCUT2D eigenvalue weighted by molar-refractivity contribution is 5.99. The van der Waals surface area contributed by atoms with Gasteiger partial charge in [-0.15, -0.1) is 10.2 Å². The Kier molecular flexibility index (Phi) is 10.3. The molecule has 0 radical (unpaired) electrons. The lowest BCUT2D eigenvalue weighted by atomic mass is 9.95. The standard InChI is InChI=1S/C35H41N7O6/c1-19(2)16-28(35(45)38-25-11-9-8-10-23(25)34-39-41-42(4)40-34)37-27-15-13-22-24(18-29(27)44)26(36-20(3)43)14-12-21-17-30(46-5)32(47-6)33(48-7)31(21)22/h8-11,13,15,17-19,26,28H,12,14,16H2,1-7H3,(H,36,43)(H,37,44)(H,38,45). The summed E-state index contributed by atoms with van der Waals surface area (Å²) in [5.41, 5.74) is 4.01. The molecule has 0 spiro atoms. The number of ether oxygens (including phenoxy) is 3. The first-order chi connectivity index (χ1) is 23.0. The monoisotopic (exact) mass is 655 g/mol. The lowest BCUT2D eigenvalue weighted by Crippen LogP contribution is -2.37. The predicted molar refractivity (Wildman–Crippen MR) is 182 cm³/mol. The number of rotatable bonds is 11. The van der Waals surface area contributed by atoms with Gasteiger partial charge in [0.15, 0.2) is 11.5 Å². The largest absolute Gasteiger partial charge is 0.493 e. The molecule has 48 heavy (non-hydrogen) atoms. The summed E-state index contributed by atoms with van der Waals surface area (Å²) in [4.78, 5) is 41.5. The van der Waals surface area contributed by atoms with E-state index in [-0.39, 0.29) is 28.8 Å². The number of carbonyl (C=O) groups excluding carboxylic acids is 2. The van der Waals surface area contributed by atoms with Crippen LogP contribution in [0.15, 0.2) is 53.3 Å². The van der Waals surface area contributed by atoms with E-state index in [0.29, 0.717) is 64.7 Å². The van der Waals surface area contributed by atoms with Gasteiger partial charge >= 0.3 is 0 Å². The van der Waals surface area contributed by atoms with Crippen molar-refractivity contribution in [1.82, 2.24) is 25.5 Å². The molecule has 0 saturated heterocycles. The molecule has 4 aromatic rings. The van der Waals surface area contributed by atoms with Gasteiger partial charge in [-0.1, -0.05) is 32.0 Å². The lowest BCUT2D eigenvalue weighted by Gasteiger charge is -2.21. The molecule has 3 N–H and O–H groups in total. The molecule has 1 aliphatic carbocycles. The average Bonchev–Trinajstić information content (AvgIpc) is 3.36. The average molecular weight is 656 g/mol. The number of fused-ring (bicyclic) bond motifs is 3. The molecule has 2 amide bonds. The van der Waals surface area contributed by atoms with Crippen molar-refractivity contribution in [1.29, 1.82) is 0 Å². The van der Waals surface area contributed by atoms with Gasteiger partial charge in [0.1, 0.15) is 6.04 Å². The van der Waals surface area contributed by atoms with Crippen molar-refractivity contribution in [2.24, 2.45) is 13.0 Å². The third-order valence-electron chi connectivity index (χ3n) is 8.20. The van der Waals surface area contributed by atoms with Crippen LogP contribution in [0, 0.1) is 5.92 Å². The number of benzene rings is 2. The third kappa shape index (κ3) is 7.09. The van der Waals surface area contributed by atoms with Crippen molar-refractivity contribution in [3.8, 4) is 39.8 Å². The van der Waals surface area contributed by atoms with Gasteiger partial charge in [0.2, 0.25) is 28.8 Å². The Morgan fingerprint density at radius 3 is 2.38 bits per heavy atom. The summed E-state index contributed by atoms with van der Waals surface area (Å²) in [7, 11) is 6.32. The van der Waals surface area contributed by atoms with E-state index in [1.165, 1.54) is 24.9 Å². The molecule has 13 heteroatoms. The highest BCUT2D eigenvalue weighted by Gasteiger charge is 2.30. The molecule has 1 aliphatic rings. The Morgan fingerprint density at radius 2 is 1.73 bits per heavy atom. The Bertz CT molecular complexity index is 1890. The van der Waals surface area contributed by atoms with E-state index in [4.69, 9.17) is 14.2 Å². The molecule has 5 rings (SSSR count). The summed E-state index contributed by atoms with van der Waals surface area (Å²) in [6.45, 7) is 5.47. The first-order valence-electron chi connectivity index (χ1n) is 15.7. The number of tetrazole rings is 1. The van der Waals surface area contributed by atoms with Crippen LogP contribution in [0.5, 0.6) is 17.2 Å². The Hall–Kier alpha value is -5.46. The molecule has 0 aliphatic heterocycles. The van der Waals surface area contributed by atoms with E-state index in [9.17, 15) is 14.4 Å². The van der Waals surface area contributed by atoms with Gasteiger partial charge in [-0.25, -0.2) is 0 Å². The van der Waals surface area contributed by atoms with Crippen LogP contribution in [0.4, 0.5) is 11.4 Å². The predicted octanol–water partition coefficient (Wildman–Crippen LogP) is 4.52. The highest BCUT2D eigenvalue weighted by Crippen LogP contribution is 2.50. The maximum Gasteiger partial charge on any atom is 0.246 e. The number of aryl methyl sites for hydroxylation is 2. The molecular formula is C35H41N7O6. The van der Waals surface area contributed by atoms with Crippen LogP contribution in [-0.4, -0.2) is 59.4 Å². The van der Waals surface area contributed by atoms with E-state index in [1.54, 1.807) is 39.5 Å². The Morgan fingerprint density at radius 1 is 0.979 bits per heavy atom. The zero-order valence-electron chi connectivity index (χ0n) is 28.2. The second-order valence-electron chi connectivity index (χ2n) is 12.1. The number of hydrogen-bond acceptors (Lipinski definition) is 10. The molecule has 3 aromatic carbocycles. The fraction of sp³-hybridized carbons (Fsp3) is 0.371. The van der Waals surface area contributed by atoms with Crippen molar-refractivity contribution >= 4 is 23.2 Å². The van der Waals surface area contributed by atoms with Crippen LogP contribution in [-0.2, 0) is 23.1 Å². The Labute approximate surface area is 279 Å². The molecule has 0 fully saturated rings. The van der Waals surface area contributed by atoms with Crippen LogP contribution < -0.4 is 35.6 Å². The van der Waals surface area contributed by atoms with Crippen molar-refractivity contribution < 1.29 is 23.8 Å². The van der Waals surface area contributed by atoms with Crippen LogP contribution in [0.1, 0.15) is 50.8 Å². The summed E-state index contributed by atoms with van der Waals surface area (Å²) in [6, 6.07) is 12.9. The van der Waals surface area contributed by atoms with Crippen molar-refractivity contribution in [2.75, 3.05) is 32.0 Å². The summed E-state index contributed by atoms with van der Waals surface area (Å²) >= 11 is 0. The minimum atomic E-state index is -0.764. The minimum Gasteiger partial charge on any atom is -0.493 e. The third-order valence-corrected chi connectivity index (χ3v) is 8.20. The SMILES string of the molecule is COc1cc2c(c(OC)c1OC)-c1ccc(NC(CC(C)C)C(=O)Nc3ccccc3-c3nnn(C)n3)c(=O)cc1C(NC(C)=O)CC2. The van der Waals surface area contributed by atoms with Gasteiger partial charge in [-0.3, -0.25) is 14.4 Å². The van der Waals surface area contributed by atoms with E-state index in [2.05, 4.69) is 31.4 Å². The smallest absolute Gasteiger partial charge is 0.246 e. The summed E-state index contributed by atoms with van der Waals surface area (Å²) in [6.07, 6.45) is 1.55. The second kappa shape index (κ2) is 14.5. The van der Waals surface area contributed by atoms with E-state index in [1.807, 2.05) is 38.1 Å². The van der Waals surface area contributed by atoms with Crippen LogP contribution >= 0.6 is 0 Å². The summed E-state index contributed by atoms with van der Waals surface area (Å²) in [5.74, 6) is 1.34. The summed E-state index contributed by atoms with van der Waals surface area (Å²) < 4.78 is 17.2. The molecule has 1 aromatic heterocycles. The fourth-order valence-electron chi connectivity index (χ4n) is 6.12. The zero-order valence-corrected chi connectivity index (χ0v) is 28.2. The number of amides is 2. The molecule has 13 nitrogen and oxygen atoms in total. The minimum absolute atomic E-state index is 0.122.